The van der Waals surface area contributed by atoms with Crippen molar-refractivity contribution >= 4 is 11.5 Å². The molecule has 0 aromatic carbocycles. The number of nitrogens with one attached hydrogen (secondary N) is 1. The van der Waals surface area contributed by atoms with Gasteiger partial charge in [0.25, 0.3) is 0 Å². The Balaban J connectivity index is 3.09. The summed E-state index contributed by atoms with van der Waals surface area (Å²) < 4.78 is 12.4. The lowest BCUT2D eigenvalue weighted by atomic mass is 10.4. The SMILES string of the molecule is CNc1cc(F)cnc1N. The number of rotatable bonds is 1. The predicted octanol–water partition coefficient (Wildman–Crippen LogP) is 0.845. The highest BCUT2D eigenvalue weighted by Gasteiger charge is 1.97. The zero-order valence-corrected chi connectivity index (χ0v) is 5.56. The fraction of sp³-hybridized carbons (Fsp3) is 0.167. The molecule has 0 aliphatic heterocycles. The molecule has 3 N–H and O–H groups in total. The van der Waals surface area contributed by atoms with E-state index in [1.54, 1.807) is 7.05 Å². The van der Waals surface area contributed by atoms with Crippen molar-refractivity contribution in [1.82, 2.24) is 4.98 Å². The number of nitrogen functional groups attached to an aromatic ring is 1. The van der Waals surface area contributed by atoms with E-state index < -0.39 is 5.82 Å². The van der Waals surface area contributed by atoms with E-state index >= 15 is 0 Å². The van der Waals surface area contributed by atoms with E-state index in [0.717, 1.165) is 6.20 Å². The molecule has 0 aliphatic carbocycles. The second kappa shape index (κ2) is 2.51. The number of aromatic nitrogens is 1. The van der Waals surface area contributed by atoms with Crippen LogP contribution >= 0.6 is 0 Å². The van der Waals surface area contributed by atoms with Crippen LogP contribution < -0.4 is 11.1 Å². The molecule has 0 bridgehead atoms. The van der Waals surface area contributed by atoms with E-state index in [9.17, 15) is 4.39 Å². The Kier molecular flexibility index (Phi) is 1.71. The van der Waals surface area contributed by atoms with E-state index in [1.807, 2.05) is 0 Å². The van der Waals surface area contributed by atoms with E-state index in [2.05, 4.69) is 10.3 Å². The molecule has 0 amide bonds. The number of anilines is 2. The molecule has 4 heteroatoms. The van der Waals surface area contributed by atoms with Gasteiger partial charge in [-0.3, -0.25) is 0 Å². The van der Waals surface area contributed by atoms with Crippen LogP contribution in [0.2, 0.25) is 0 Å². The fourth-order valence-electron chi connectivity index (χ4n) is 0.650. The van der Waals surface area contributed by atoms with Gasteiger partial charge in [-0.1, -0.05) is 0 Å². The van der Waals surface area contributed by atoms with Crippen LogP contribution in [0.15, 0.2) is 12.3 Å². The molecule has 0 radical (unpaired) electrons. The van der Waals surface area contributed by atoms with Gasteiger partial charge in [0.1, 0.15) is 11.6 Å². The third-order valence-electron chi connectivity index (χ3n) is 1.15. The van der Waals surface area contributed by atoms with Crippen molar-refractivity contribution < 1.29 is 4.39 Å². The van der Waals surface area contributed by atoms with Gasteiger partial charge in [0.2, 0.25) is 0 Å². The van der Waals surface area contributed by atoms with Crippen molar-refractivity contribution in [1.29, 1.82) is 0 Å². The lowest BCUT2D eigenvalue weighted by molar-refractivity contribution is 0.622. The van der Waals surface area contributed by atoms with Gasteiger partial charge in [0.05, 0.1) is 11.9 Å². The van der Waals surface area contributed by atoms with Gasteiger partial charge in [-0.05, 0) is 0 Å². The first kappa shape index (κ1) is 6.80. The van der Waals surface area contributed by atoms with Crippen molar-refractivity contribution in [3.8, 4) is 0 Å². The summed E-state index contributed by atoms with van der Waals surface area (Å²) in [4.78, 5) is 3.59. The molecule has 10 heavy (non-hydrogen) atoms. The van der Waals surface area contributed by atoms with Gasteiger partial charge in [0, 0.05) is 13.1 Å². The van der Waals surface area contributed by atoms with Crippen LogP contribution in [0.3, 0.4) is 0 Å². The van der Waals surface area contributed by atoms with E-state index in [1.165, 1.54) is 6.07 Å². The monoisotopic (exact) mass is 141 g/mol. The minimum atomic E-state index is -0.390. The van der Waals surface area contributed by atoms with Crippen LogP contribution in [0.1, 0.15) is 0 Å². The third kappa shape index (κ3) is 1.15. The highest BCUT2D eigenvalue weighted by molar-refractivity contribution is 5.60. The molecule has 1 heterocycles. The summed E-state index contributed by atoms with van der Waals surface area (Å²) >= 11 is 0. The number of nitrogens with two attached hydrogens (primary N) is 1. The molecule has 0 atom stereocenters. The Morgan fingerprint density at radius 3 is 2.90 bits per heavy atom. The van der Waals surface area contributed by atoms with Gasteiger partial charge in [-0.2, -0.15) is 0 Å². The number of pyridine rings is 1. The molecule has 0 aliphatic rings. The van der Waals surface area contributed by atoms with Crippen LogP contribution in [0.5, 0.6) is 0 Å². The topological polar surface area (TPSA) is 50.9 Å². The highest BCUT2D eigenvalue weighted by atomic mass is 19.1. The largest absolute Gasteiger partial charge is 0.385 e. The zero-order chi connectivity index (χ0) is 7.56. The summed E-state index contributed by atoms with van der Waals surface area (Å²) in [5.41, 5.74) is 5.87. The molecule has 0 fully saturated rings. The lowest BCUT2D eigenvalue weighted by Crippen LogP contribution is -1.98. The highest BCUT2D eigenvalue weighted by Crippen LogP contribution is 2.14. The predicted molar refractivity (Wildman–Crippen MR) is 38.2 cm³/mol. The first-order valence-corrected chi connectivity index (χ1v) is 2.83. The molecule has 1 rings (SSSR count). The normalized spacial score (nSPS) is 9.40. The van der Waals surface area contributed by atoms with Gasteiger partial charge in [0.15, 0.2) is 0 Å². The van der Waals surface area contributed by atoms with Crippen LogP contribution in [-0.2, 0) is 0 Å². The average molecular weight is 141 g/mol. The Morgan fingerprint density at radius 1 is 1.70 bits per heavy atom. The second-order valence-electron chi connectivity index (χ2n) is 1.84. The fourth-order valence-corrected chi connectivity index (χ4v) is 0.650. The summed E-state index contributed by atoms with van der Waals surface area (Å²) in [5.74, 6) is -0.0811. The molecule has 1 aromatic rings. The molecule has 0 saturated carbocycles. The maximum Gasteiger partial charge on any atom is 0.146 e. The Bertz CT molecular complexity index is 236. The molecular weight excluding hydrogens is 133 g/mol. The molecule has 0 spiro atoms. The summed E-state index contributed by atoms with van der Waals surface area (Å²) in [6, 6.07) is 1.29. The third-order valence-corrected chi connectivity index (χ3v) is 1.15. The van der Waals surface area contributed by atoms with Crippen molar-refractivity contribution in [3.63, 3.8) is 0 Å². The molecule has 54 valence electrons. The minimum Gasteiger partial charge on any atom is -0.385 e. The zero-order valence-electron chi connectivity index (χ0n) is 5.56. The molecule has 0 saturated heterocycles. The first-order valence-electron chi connectivity index (χ1n) is 2.83. The summed E-state index contributed by atoms with van der Waals surface area (Å²) in [6.45, 7) is 0. The van der Waals surface area contributed by atoms with Crippen molar-refractivity contribution in [2.75, 3.05) is 18.1 Å². The van der Waals surface area contributed by atoms with E-state index in [0.29, 0.717) is 11.5 Å². The van der Waals surface area contributed by atoms with Gasteiger partial charge < -0.3 is 11.1 Å². The molecular formula is C6H8FN3. The average Bonchev–Trinajstić information content (AvgIpc) is 1.94. The van der Waals surface area contributed by atoms with Crippen LogP contribution in [0, 0.1) is 5.82 Å². The van der Waals surface area contributed by atoms with Gasteiger partial charge >= 0.3 is 0 Å². The number of hydrogen-bond donors (Lipinski definition) is 2. The Morgan fingerprint density at radius 2 is 2.40 bits per heavy atom. The van der Waals surface area contributed by atoms with Crippen molar-refractivity contribution in [2.45, 2.75) is 0 Å². The molecule has 1 aromatic heterocycles. The summed E-state index contributed by atoms with van der Waals surface area (Å²) in [6.07, 6.45) is 1.08. The van der Waals surface area contributed by atoms with Crippen molar-refractivity contribution in [3.05, 3.63) is 18.1 Å². The second-order valence-corrected chi connectivity index (χ2v) is 1.84. The maximum absolute atomic E-state index is 12.4. The Hall–Kier alpha value is -1.32. The van der Waals surface area contributed by atoms with Crippen LogP contribution in [0.25, 0.3) is 0 Å². The van der Waals surface area contributed by atoms with E-state index in [-0.39, 0.29) is 0 Å². The first-order chi connectivity index (χ1) is 4.74. The summed E-state index contributed by atoms with van der Waals surface area (Å²) in [7, 11) is 1.66. The van der Waals surface area contributed by atoms with Gasteiger partial charge in [-0.15, -0.1) is 0 Å². The maximum atomic E-state index is 12.4. The standard InChI is InChI=1S/C6H8FN3/c1-9-5-2-4(7)3-10-6(5)8/h2-3,9H,1H3,(H2,8,10). The van der Waals surface area contributed by atoms with Gasteiger partial charge in [-0.25, -0.2) is 9.37 Å². The number of nitrogens with zero attached hydrogens (tertiary/aromatic N) is 1. The smallest absolute Gasteiger partial charge is 0.146 e. The molecule has 3 nitrogen and oxygen atoms in total. The lowest BCUT2D eigenvalue weighted by Gasteiger charge is -2.01. The minimum absolute atomic E-state index is 0.309. The van der Waals surface area contributed by atoms with E-state index in [4.69, 9.17) is 5.73 Å². The van der Waals surface area contributed by atoms with Crippen LogP contribution in [0.4, 0.5) is 15.9 Å². The number of halogens is 1. The Labute approximate surface area is 58.1 Å². The summed E-state index contributed by atoms with van der Waals surface area (Å²) in [5, 5.41) is 2.71. The number of hydrogen-bond acceptors (Lipinski definition) is 3. The molecule has 0 unspecified atom stereocenters. The quantitative estimate of drug-likeness (QED) is 0.609. The van der Waals surface area contributed by atoms with Crippen molar-refractivity contribution in [2.24, 2.45) is 0 Å². The van der Waals surface area contributed by atoms with Crippen LogP contribution in [-0.4, -0.2) is 12.0 Å².